The molecular formula is C16H23NOS. The number of hydrogen-bond acceptors (Lipinski definition) is 2. The second kappa shape index (κ2) is 6.00. The van der Waals surface area contributed by atoms with Crippen LogP contribution in [0.5, 0.6) is 0 Å². The molecule has 0 aliphatic carbocycles. The smallest absolute Gasteiger partial charge is 0.254 e. The van der Waals surface area contributed by atoms with E-state index >= 15 is 0 Å². The summed E-state index contributed by atoms with van der Waals surface area (Å²) in [6, 6.07) is 7.98. The summed E-state index contributed by atoms with van der Waals surface area (Å²) in [5.74, 6) is 1.03. The van der Waals surface area contributed by atoms with Crippen LogP contribution in [0.1, 0.15) is 42.6 Å². The predicted octanol–water partition coefficient (Wildman–Crippen LogP) is 3.42. The van der Waals surface area contributed by atoms with Crippen LogP contribution in [0, 0.1) is 5.41 Å². The van der Waals surface area contributed by atoms with E-state index in [2.05, 4.69) is 32.5 Å². The molecule has 2 rings (SSSR count). The van der Waals surface area contributed by atoms with Crippen LogP contribution in [0.2, 0.25) is 0 Å². The summed E-state index contributed by atoms with van der Waals surface area (Å²) in [5, 5.41) is 0. The zero-order chi connectivity index (χ0) is 13.9. The molecule has 1 heterocycles. The van der Waals surface area contributed by atoms with Crippen molar-refractivity contribution >= 4 is 18.5 Å². The molecule has 0 radical (unpaired) electrons. The SMILES string of the molecule is CCC(CC)(CS)CN1CCc2ccccc2C1=O. The van der Waals surface area contributed by atoms with E-state index in [4.69, 9.17) is 0 Å². The van der Waals surface area contributed by atoms with Gasteiger partial charge in [-0.25, -0.2) is 0 Å². The summed E-state index contributed by atoms with van der Waals surface area (Å²) >= 11 is 4.51. The predicted molar refractivity (Wildman–Crippen MR) is 82.9 cm³/mol. The third kappa shape index (κ3) is 2.81. The fourth-order valence-electron chi connectivity index (χ4n) is 2.78. The van der Waals surface area contributed by atoms with Gasteiger partial charge in [-0.15, -0.1) is 0 Å². The molecule has 1 aromatic carbocycles. The van der Waals surface area contributed by atoms with Crippen LogP contribution in [0.3, 0.4) is 0 Å². The van der Waals surface area contributed by atoms with Gasteiger partial charge >= 0.3 is 0 Å². The summed E-state index contributed by atoms with van der Waals surface area (Å²) < 4.78 is 0. The van der Waals surface area contributed by atoms with Gasteiger partial charge in [0.15, 0.2) is 0 Å². The van der Waals surface area contributed by atoms with E-state index in [1.807, 2.05) is 23.1 Å². The van der Waals surface area contributed by atoms with Crippen LogP contribution in [0.15, 0.2) is 24.3 Å². The lowest BCUT2D eigenvalue weighted by Gasteiger charge is -2.38. The lowest BCUT2D eigenvalue weighted by atomic mass is 9.83. The van der Waals surface area contributed by atoms with Gasteiger partial charge in [-0.05, 0) is 42.1 Å². The average Bonchev–Trinajstić information content (AvgIpc) is 2.48. The van der Waals surface area contributed by atoms with Crippen LogP contribution in [-0.2, 0) is 6.42 Å². The molecule has 0 unspecified atom stereocenters. The van der Waals surface area contributed by atoms with Crippen molar-refractivity contribution < 1.29 is 4.79 Å². The van der Waals surface area contributed by atoms with Gasteiger partial charge in [0.1, 0.15) is 0 Å². The van der Waals surface area contributed by atoms with E-state index < -0.39 is 0 Å². The van der Waals surface area contributed by atoms with Crippen molar-refractivity contribution in [3.8, 4) is 0 Å². The number of carbonyl (C=O) groups excluding carboxylic acids is 1. The Kier molecular flexibility index (Phi) is 4.56. The van der Waals surface area contributed by atoms with Crippen molar-refractivity contribution in [1.82, 2.24) is 4.90 Å². The van der Waals surface area contributed by atoms with Crippen molar-refractivity contribution in [2.24, 2.45) is 5.41 Å². The number of fused-ring (bicyclic) bond motifs is 1. The van der Waals surface area contributed by atoms with E-state index in [0.29, 0.717) is 0 Å². The molecule has 0 aromatic heterocycles. The lowest BCUT2D eigenvalue weighted by molar-refractivity contribution is 0.0648. The second-order valence-corrected chi connectivity index (χ2v) is 5.82. The lowest BCUT2D eigenvalue weighted by Crippen LogP contribution is -2.45. The molecular weight excluding hydrogens is 254 g/mol. The summed E-state index contributed by atoms with van der Waals surface area (Å²) in [4.78, 5) is 14.6. The molecule has 0 atom stereocenters. The van der Waals surface area contributed by atoms with Gasteiger partial charge < -0.3 is 4.90 Å². The molecule has 0 N–H and O–H groups in total. The standard InChI is InChI=1S/C16H23NOS/c1-3-16(4-2,12-19)11-17-10-9-13-7-5-6-8-14(13)15(17)18/h5-8,19H,3-4,9-12H2,1-2H3. The third-order valence-corrected chi connectivity index (χ3v) is 5.22. The van der Waals surface area contributed by atoms with E-state index in [1.54, 1.807) is 0 Å². The Bertz CT molecular complexity index is 446. The number of rotatable bonds is 5. The first-order valence-electron chi connectivity index (χ1n) is 7.14. The van der Waals surface area contributed by atoms with Crippen molar-refractivity contribution in [3.05, 3.63) is 35.4 Å². The molecule has 104 valence electrons. The van der Waals surface area contributed by atoms with Crippen molar-refractivity contribution in [3.63, 3.8) is 0 Å². The minimum Gasteiger partial charge on any atom is -0.338 e. The first-order chi connectivity index (χ1) is 9.15. The number of carbonyl (C=O) groups is 1. The van der Waals surface area contributed by atoms with Crippen LogP contribution < -0.4 is 0 Å². The Balaban J connectivity index is 2.18. The highest BCUT2D eigenvalue weighted by molar-refractivity contribution is 7.80. The normalized spacial score (nSPS) is 15.5. The first kappa shape index (κ1) is 14.4. The number of nitrogens with zero attached hydrogens (tertiary/aromatic N) is 1. The largest absolute Gasteiger partial charge is 0.338 e. The molecule has 0 saturated heterocycles. The summed E-state index contributed by atoms with van der Waals surface area (Å²) in [7, 11) is 0. The topological polar surface area (TPSA) is 20.3 Å². The molecule has 0 spiro atoms. The Labute approximate surface area is 121 Å². The molecule has 3 heteroatoms. The highest BCUT2D eigenvalue weighted by atomic mass is 32.1. The molecule has 0 saturated carbocycles. The molecule has 19 heavy (non-hydrogen) atoms. The first-order valence-corrected chi connectivity index (χ1v) is 7.77. The van der Waals surface area contributed by atoms with E-state index in [0.717, 1.165) is 43.7 Å². The van der Waals surface area contributed by atoms with E-state index in [-0.39, 0.29) is 11.3 Å². The molecule has 1 amide bonds. The molecule has 1 aliphatic rings. The van der Waals surface area contributed by atoms with Gasteiger partial charge in [0.25, 0.3) is 5.91 Å². The number of thiol groups is 1. The zero-order valence-corrected chi connectivity index (χ0v) is 12.7. The molecule has 0 bridgehead atoms. The van der Waals surface area contributed by atoms with Crippen molar-refractivity contribution in [2.45, 2.75) is 33.1 Å². The summed E-state index contributed by atoms with van der Waals surface area (Å²) in [6.07, 6.45) is 3.11. The zero-order valence-electron chi connectivity index (χ0n) is 11.9. The summed E-state index contributed by atoms with van der Waals surface area (Å²) in [5.41, 5.74) is 2.23. The average molecular weight is 277 g/mol. The molecule has 1 aromatic rings. The van der Waals surface area contributed by atoms with E-state index in [1.165, 1.54) is 5.56 Å². The van der Waals surface area contributed by atoms with E-state index in [9.17, 15) is 4.79 Å². The Hall–Kier alpha value is -0.960. The maximum absolute atomic E-state index is 12.5. The Morgan fingerprint density at radius 3 is 2.58 bits per heavy atom. The Morgan fingerprint density at radius 1 is 1.26 bits per heavy atom. The minimum absolute atomic E-state index is 0.158. The van der Waals surface area contributed by atoms with Crippen molar-refractivity contribution in [2.75, 3.05) is 18.8 Å². The maximum atomic E-state index is 12.5. The molecule has 1 aliphatic heterocycles. The van der Waals surface area contributed by atoms with Gasteiger partial charge in [0.2, 0.25) is 0 Å². The van der Waals surface area contributed by atoms with Gasteiger partial charge in [0.05, 0.1) is 0 Å². The third-order valence-electron chi connectivity index (χ3n) is 4.55. The number of benzene rings is 1. The van der Waals surface area contributed by atoms with Gasteiger partial charge in [-0.3, -0.25) is 4.79 Å². The molecule has 0 fully saturated rings. The highest BCUT2D eigenvalue weighted by Crippen LogP contribution is 2.31. The fraction of sp³-hybridized carbons (Fsp3) is 0.562. The van der Waals surface area contributed by atoms with Gasteiger partial charge in [-0.2, -0.15) is 12.6 Å². The quantitative estimate of drug-likeness (QED) is 0.818. The monoisotopic (exact) mass is 277 g/mol. The van der Waals surface area contributed by atoms with Crippen molar-refractivity contribution in [1.29, 1.82) is 0 Å². The van der Waals surface area contributed by atoms with Crippen LogP contribution >= 0.6 is 12.6 Å². The number of amides is 1. The van der Waals surface area contributed by atoms with Crippen LogP contribution in [0.4, 0.5) is 0 Å². The van der Waals surface area contributed by atoms with Crippen LogP contribution in [-0.4, -0.2) is 29.6 Å². The number of hydrogen-bond donors (Lipinski definition) is 1. The highest BCUT2D eigenvalue weighted by Gasteiger charge is 2.32. The second-order valence-electron chi connectivity index (χ2n) is 5.50. The van der Waals surface area contributed by atoms with Gasteiger partial charge in [-0.1, -0.05) is 32.0 Å². The summed E-state index contributed by atoms with van der Waals surface area (Å²) in [6.45, 7) is 6.06. The van der Waals surface area contributed by atoms with Crippen LogP contribution in [0.25, 0.3) is 0 Å². The molecule has 2 nitrogen and oxygen atoms in total. The van der Waals surface area contributed by atoms with Gasteiger partial charge in [0, 0.05) is 18.7 Å². The minimum atomic E-state index is 0.158. The Morgan fingerprint density at radius 2 is 1.95 bits per heavy atom. The maximum Gasteiger partial charge on any atom is 0.254 e. The fourth-order valence-corrected chi connectivity index (χ4v) is 3.32.